The molecule has 9 heteroatoms. The highest BCUT2D eigenvalue weighted by Crippen LogP contribution is 2.41. The fourth-order valence-corrected chi connectivity index (χ4v) is 4.28. The first-order chi connectivity index (χ1) is 14.8. The molecule has 1 fully saturated rings. The highest BCUT2D eigenvalue weighted by molar-refractivity contribution is 5.92. The maximum atomic E-state index is 13.8. The summed E-state index contributed by atoms with van der Waals surface area (Å²) in [5.74, 6) is -2.53. The molecule has 1 aromatic carbocycles. The zero-order chi connectivity index (χ0) is 22.2. The van der Waals surface area contributed by atoms with Gasteiger partial charge in [-0.1, -0.05) is 13.0 Å². The molecule has 0 saturated heterocycles. The normalized spacial score (nSPS) is 18.7. The van der Waals surface area contributed by atoms with E-state index in [0.29, 0.717) is 24.4 Å². The van der Waals surface area contributed by atoms with Gasteiger partial charge >= 0.3 is 0 Å². The van der Waals surface area contributed by atoms with Crippen LogP contribution in [0.1, 0.15) is 73.0 Å². The highest BCUT2D eigenvalue weighted by atomic mass is 19.3. The first-order valence-corrected chi connectivity index (χ1v) is 10.7. The van der Waals surface area contributed by atoms with E-state index in [4.69, 9.17) is 5.73 Å². The minimum atomic E-state index is -2.65. The molecule has 2 heterocycles. The summed E-state index contributed by atoms with van der Waals surface area (Å²) in [4.78, 5) is 20.9. The second-order valence-electron chi connectivity index (χ2n) is 8.40. The molecule has 1 amide bonds. The summed E-state index contributed by atoms with van der Waals surface area (Å²) in [6.45, 7) is 2.02. The van der Waals surface area contributed by atoms with Crippen LogP contribution < -0.4 is 11.1 Å². The number of carbonyl (C=O) groups excluding carboxylic acids is 1. The van der Waals surface area contributed by atoms with Crippen molar-refractivity contribution in [1.82, 2.24) is 25.1 Å². The van der Waals surface area contributed by atoms with E-state index in [2.05, 4.69) is 20.4 Å². The molecule has 0 aliphatic heterocycles. The first-order valence-electron chi connectivity index (χ1n) is 10.7. The summed E-state index contributed by atoms with van der Waals surface area (Å²) >= 11 is 0. The number of aryl methyl sites for hydroxylation is 1. The molecule has 7 nitrogen and oxygen atoms in total. The molecule has 1 aliphatic carbocycles. The average Bonchev–Trinajstić information content (AvgIpc) is 3.37. The lowest BCUT2D eigenvalue weighted by atomic mass is 9.81. The van der Waals surface area contributed by atoms with Crippen LogP contribution in [0.4, 0.5) is 8.78 Å². The van der Waals surface area contributed by atoms with Crippen molar-refractivity contribution in [1.29, 1.82) is 0 Å². The largest absolute Gasteiger partial charge is 0.340 e. The Morgan fingerprint density at radius 1 is 1.35 bits per heavy atom. The smallest absolute Gasteiger partial charge is 0.270 e. The molecule has 3 aromatic rings. The number of fused-ring (bicyclic) bond motifs is 1. The molecule has 166 valence electrons. The van der Waals surface area contributed by atoms with E-state index in [1.165, 1.54) is 4.68 Å². The Morgan fingerprint density at radius 2 is 2.10 bits per heavy atom. The van der Waals surface area contributed by atoms with Gasteiger partial charge in [0.15, 0.2) is 0 Å². The number of alkyl halides is 2. The SMILES string of the molecule is CCC(N)c1ccc2nc(C(NC(=O)c3ccnn3C)C3CCC(F)(F)CC3)[nH]c2c1. The number of rotatable bonds is 6. The summed E-state index contributed by atoms with van der Waals surface area (Å²) in [6.07, 6.45) is 2.60. The van der Waals surface area contributed by atoms with Crippen LogP contribution in [-0.4, -0.2) is 31.6 Å². The number of amides is 1. The minimum absolute atomic E-state index is 0.0722. The van der Waals surface area contributed by atoms with Crippen molar-refractivity contribution in [3.63, 3.8) is 0 Å². The van der Waals surface area contributed by atoms with Crippen LogP contribution in [0, 0.1) is 5.92 Å². The zero-order valence-corrected chi connectivity index (χ0v) is 17.7. The Labute approximate surface area is 179 Å². The molecule has 2 unspecified atom stereocenters. The molecular weight excluding hydrogens is 402 g/mol. The molecule has 2 aromatic heterocycles. The summed E-state index contributed by atoms with van der Waals surface area (Å²) in [5, 5.41) is 7.06. The van der Waals surface area contributed by atoms with Crippen molar-refractivity contribution >= 4 is 16.9 Å². The van der Waals surface area contributed by atoms with Gasteiger partial charge in [-0.2, -0.15) is 5.10 Å². The predicted octanol–water partition coefficient (Wildman–Crippen LogP) is 4.00. The van der Waals surface area contributed by atoms with E-state index in [-0.39, 0.29) is 30.7 Å². The monoisotopic (exact) mass is 430 g/mol. The summed E-state index contributed by atoms with van der Waals surface area (Å²) in [6, 6.07) is 6.86. The molecule has 1 saturated carbocycles. The molecule has 0 spiro atoms. The number of aromatic amines is 1. The molecule has 0 bridgehead atoms. The maximum Gasteiger partial charge on any atom is 0.270 e. The predicted molar refractivity (Wildman–Crippen MR) is 114 cm³/mol. The van der Waals surface area contributed by atoms with E-state index in [9.17, 15) is 13.6 Å². The quantitative estimate of drug-likeness (QED) is 0.550. The number of imidazole rings is 1. The molecule has 4 N–H and O–H groups in total. The third-order valence-corrected chi connectivity index (χ3v) is 6.26. The van der Waals surface area contributed by atoms with Crippen LogP contribution in [0.25, 0.3) is 11.0 Å². The summed E-state index contributed by atoms with van der Waals surface area (Å²) in [5.41, 5.74) is 9.13. The van der Waals surface area contributed by atoms with Crippen molar-refractivity contribution < 1.29 is 13.6 Å². The first kappa shape index (κ1) is 21.4. The van der Waals surface area contributed by atoms with Gasteiger partial charge in [0.05, 0.1) is 17.1 Å². The van der Waals surface area contributed by atoms with Gasteiger partial charge in [-0.15, -0.1) is 0 Å². The lowest BCUT2D eigenvalue weighted by molar-refractivity contribution is -0.0496. The third-order valence-electron chi connectivity index (χ3n) is 6.26. The average molecular weight is 431 g/mol. The van der Waals surface area contributed by atoms with Crippen molar-refractivity contribution in [3.05, 3.63) is 47.5 Å². The molecule has 1 aliphatic rings. The second-order valence-corrected chi connectivity index (χ2v) is 8.40. The van der Waals surface area contributed by atoms with Gasteiger partial charge in [-0.3, -0.25) is 9.48 Å². The lowest BCUT2D eigenvalue weighted by Crippen LogP contribution is -2.38. The number of nitrogens with two attached hydrogens (primary N) is 1. The molecule has 0 radical (unpaired) electrons. The number of hydrogen-bond acceptors (Lipinski definition) is 4. The van der Waals surface area contributed by atoms with Gasteiger partial charge in [0.2, 0.25) is 5.92 Å². The van der Waals surface area contributed by atoms with Gasteiger partial charge in [0.25, 0.3) is 5.91 Å². The lowest BCUT2D eigenvalue weighted by Gasteiger charge is -2.33. The Kier molecular flexibility index (Phi) is 5.79. The number of aromatic nitrogens is 4. The highest BCUT2D eigenvalue weighted by Gasteiger charge is 2.39. The van der Waals surface area contributed by atoms with E-state index < -0.39 is 12.0 Å². The second kappa shape index (κ2) is 8.37. The number of halogens is 2. The molecular formula is C22H28F2N6O. The number of nitrogens with zero attached hydrogens (tertiary/aromatic N) is 3. The molecule has 2 atom stereocenters. The number of hydrogen-bond donors (Lipinski definition) is 3. The van der Waals surface area contributed by atoms with E-state index in [0.717, 1.165) is 23.0 Å². The fourth-order valence-electron chi connectivity index (χ4n) is 4.28. The standard InChI is InChI=1S/C22H28F2N6O/c1-3-15(25)14-4-5-16-17(12-14)28-20(27-16)19(13-6-9-22(23,24)10-7-13)29-21(31)18-8-11-26-30(18)2/h4-5,8,11-13,15,19H,3,6-7,9-10,25H2,1-2H3,(H,27,28)(H,29,31). The van der Waals surface area contributed by atoms with Crippen LogP contribution in [0.5, 0.6) is 0 Å². The summed E-state index contributed by atoms with van der Waals surface area (Å²) in [7, 11) is 1.69. The van der Waals surface area contributed by atoms with Gasteiger partial charge in [0, 0.05) is 32.1 Å². The zero-order valence-electron chi connectivity index (χ0n) is 17.7. The van der Waals surface area contributed by atoms with Crippen molar-refractivity contribution in [2.24, 2.45) is 18.7 Å². The third kappa shape index (κ3) is 4.46. The summed E-state index contributed by atoms with van der Waals surface area (Å²) < 4.78 is 29.0. The number of nitrogens with one attached hydrogen (secondary N) is 2. The fraction of sp³-hybridized carbons (Fsp3) is 0.500. The Hall–Kier alpha value is -2.81. The van der Waals surface area contributed by atoms with Crippen molar-refractivity contribution in [2.75, 3.05) is 0 Å². The number of H-pyrrole nitrogens is 1. The Balaban J connectivity index is 1.66. The van der Waals surface area contributed by atoms with E-state index >= 15 is 0 Å². The van der Waals surface area contributed by atoms with Crippen molar-refractivity contribution in [3.8, 4) is 0 Å². The van der Waals surface area contributed by atoms with Gasteiger partial charge in [-0.05, 0) is 48.9 Å². The van der Waals surface area contributed by atoms with Crippen LogP contribution in [-0.2, 0) is 7.05 Å². The Bertz CT molecular complexity index is 1070. The number of benzene rings is 1. The van der Waals surface area contributed by atoms with Gasteiger partial charge in [-0.25, -0.2) is 13.8 Å². The maximum absolute atomic E-state index is 13.8. The van der Waals surface area contributed by atoms with Crippen LogP contribution in [0.2, 0.25) is 0 Å². The molecule has 4 rings (SSSR count). The van der Waals surface area contributed by atoms with E-state index in [1.54, 1.807) is 19.3 Å². The van der Waals surface area contributed by atoms with Crippen LogP contribution >= 0.6 is 0 Å². The molecule has 31 heavy (non-hydrogen) atoms. The van der Waals surface area contributed by atoms with E-state index in [1.807, 2.05) is 25.1 Å². The number of carbonyl (C=O) groups is 1. The minimum Gasteiger partial charge on any atom is -0.340 e. The van der Waals surface area contributed by atoms with Gasteiger partial charge < -0.3 is 16.0 Å². The van der Waals surface area contributed by atoms with Crippen molar-refractivity contribution in [2.45, 2.75) is 57.0 Å². The Morgan fingerprint density at radius 3 is 2.74 bits per heavy atom. The van der Waals surface area contributed by atoms with Crippen LogP contribution in [0.15, 0.2) is 30.5 Å². The van der Waals surface area contributed by atoms with Gasteiger partial charge in [0.1, 0.15) is 11.5 Å². The van der Waals surface area contributed by atoms with Crippen LogP contribution in [0.3, 0.4) is 0 Å². The topological polar surface area (TPSA) is 102 Å².